The molecule has 0 N–H and O–H groups in total. The standard InChI is InChI=1S/C20H28O2/c1-5-8-11-15-20(7-3,22-19(21)6-2)16-14-18-13-10-9-12-17(18)4/h6-7,9-10,12-13H,2-3,5,8,11,14-16H2,1,4H3. The lowest BCUT2D eigenvalue weighted by atomic mass is 9.88. The van der Waals surface area contributed by atoms with Crippen LogP contribution >= 0.6 is 0 Å². The quantitative estimate of drug-likeness (QED) is 0.258. The second kappa shape index (κ2) is 9.24. The summed E-state index contributed by atoms with van der Waals surface area (Å²) in [4.78, 5) is 11.7. The summed E-state index contributed by atoms with van der Waals surface area (Å²) in [7, 11) is 0. The Labute approximate surface area is 134 Å². The molecule has 0 aromatic heterocycles. The van der Waals surface area contributed by atoms with E-state index in [-0.39, 0.29) is 5.97 Å². The molecule has 0 heterocycles. The van der Waals surface area contributed by atoms with E-state index in [4.69, 9.17) is 4.74 Å². The smallest absolute Gasteiger partial charge is 0.331 e. The van der Waals surface area contributed by atoms with Gasteiger partial charge in [-0.15, -0.1) is 0 Å². The highest BCUT2D eigenvalue weighted by Crippen LogP contribution is 2.28. The van der Waals surface area contributed by atoms with Gasteiger partial charge in [0.1, 0.15) is 5.60 Å². The van der Waals surface area contributed by atoms with Crippen LogP contribution in [0, 0.1) is 6.92 Å². The largest absolute Gasteiger partial charge is 0.452 e. The van der Waals surface area contributed by atoms with Crippen molar-refractivity contribution in [1.29, 1.82) is 0 Å². The molecule has 0 radical (unpaired) electrons. The van der Waals surface area contributed by atoms with E-state index in [1.165, 1.54) is 17.2 Å². The van der Waals surface area contributed by atoms with Crippen LogP contribution in [0.5, 0.6) is 0 Å². The van der Waals surface area contributed by atoms with Gasteiger partial charge in [-0.1, -0.05) is 57.2 Å². The van der Waals surface area contributed by atoms with Crippen LogP contribution in [0.1, 0.15) is 50.2 Å². The van der Waals surface area contributed by atoms with Gasteiger partial charge in [0.15, 0.2) is 0 Å². The van der Waals surface area contributed by atoms with Gasteiger partial charge in [-0.2, -0.15) is 0 Å². The van der Waals surface area contributed by atoms with E-state index >= 15 is 0 Å². The van der Waals surface area contributed by atoms with E-state index in [2.05, 4.69) is 39.1 Å². The van der Waals surface area contributed by atoms with Gasteiger partial charge in [0.05, 0.1) is 0 Å². The van der Waals surface area contributed by atoms with E-state index in [1.807, 2.05) is 12.1 Å². The van der Waals surface area contributed by atoms with Gasteiger partial charge in [-0.3, -0.25) is 0 Å². The van der Waals surface area contributed by atoms with Crippen molar-refractivity contribution in [2.75, 3.05) is 0 Å². The minimum absolute atomic E-state index is 0.374. The molecule has 2 heteroatoms. The third-order valence-electron chi connectivity index (χ3n) is 4.12. The van der Waals surface area contributed by atoms with E-state index < -0.39 is 5.60 Å². The van der Waals surface area contributed by atoms with Gasteiger partial charge in [0.2, 0.25) is 0 Å². The topological polar surface area (TPSA) is 26.3 Å². The Balaban J connectivity index is 2.83. The average molecular weight is 300 g/mol. The van der Waals surface area contributed by atoms with Crippen molar-refractivity contribution >= 4 is 5.97 Å². The van der Waals surface area contributed by atoms with Gasteiger partial charge in [-0.05, 0) is 49.8 Å². The highest BCUT2D eigenvalue weighted by atomic mass is 16.6. The van der Waals surface area contributed by atoms with Crippen LogP contribution in [0.15, 0.2) is 49.6 Å². The lowest BCUT2D eigenvalue weighted by Gasteiger charge is -2.30. The summed E-state index contributed by atoms with van der Waals surface area (Å²) in [5.41, 5.74) is 1.96. The van der Waals surface area contributed by atoms with Crippen LogP contribution in [0.4, 0.5) is 0 Å². The number of benzene rings is 1. The summed E-state index contributed by atoms with van der Waals surface area (Å²) < 4.78 is 5.67. The SMILES string of the molecule is C=CC(=O)OC(C=C)(CCCCC)CCc1ccccc1C. The highest BCUT2D eigenvalue weighted by Gasteiger charge is 2.29. The Morgan fingerprint density at radius 3 is 2.55 bits per heavy atom. The molecule has 1 unspecified atom stereocenters. The molecule has 120 valence electrons. The monoisotopic (exact) mass is 300 g/mol. The molecular weight excluding hydrogens is 272 g/mol. The van der Waals surface area contributed by atoms with E-state index in [0.717, 1.165) is 38.5 Å². The molecule has 0 bridgehead atoms. The van der Waals surface area contributed by atoms with Crippen molar-refractivity contribution in [1.82, 2.24) is 0 Å². The molecule has 1 rings (SSSR count). The number of unbranched alkanes of at least 4 members (excludes halogenated alkanes) is 2. The fourth-order valence-corrected chi connectivity index (χ4v) is 2.63. The summed E-state index contributed by atoms with van der Waals surface area (Å²) in [5, 5.41) is 0. The number of esters is 1. The molecule has 0 spiro atoms. The minimum Gasteiger partial charge on any atom is -0.452 e. The zero-order valence-electron chi connectivity index (χ0n) is 13.9. The van der Waals surface area contributed by atoms with Crippen molar-refractivity contribution in [3.05, 3.63) is 60.7 Å². The Morgan fingerprint density at radius 1 is 1.23 bits per heavy atom. The molecule has 22 heavy (non-hydrogen) atoms. The molecule has 0 amide bonds. The highest BCUT2D eigenvalue weighted by molar-refractivity contribution is 5.81. The number of hydrogen-bond acceptors (Lipinski definition) is 2. The summed E-state index contributed by atoms with van der Waals surface area (Å²) >= 11 is 0. The predicted octanol–water partition coefficient (Wildman–Crippen LogP) is 5.16. The Hall–Kier alpha value is -1.83. The van der Waals surface area contributed by atoms with E-state index in [9.17, 15) is 4.79 Å². The molecule has 1 aromatic rings. The molecule has 1 aromatic carbocycles. The zero-order chi connectivity index (χ0) is 16.4. The van der Waals surface area contributed by atoms with Crippen LogP contribution in [0.3, 0.4) is 0 Å². The maximum atomic E-state index is 11.7. The molecule has 0 aliphatic heterocycles. The van der Waals surface area contributed by atoms with Crippen molar-refractivity contribution < 1.29 is 9.53 Å². The van der Waals surface area contributed by atoms with Gasteiger partial charge in [0.25, 0.3) is 0 Å². The molecule has 2 nitrogen and oxygen atoms in total. The molecule has 0 aliphatic carbocycles. The fraction of sp³-hybridized carbons (Fsp3) is 0.450. The molecule has 0 saturated carbocycles. The van der Waals surface area contributed by atoms with Crippen LogP contribution in [-0.4, -0.2) is 11.6 Å². The molecule has 0 fully saturated rings. The summed E-state index contributed by atoms with van der Waals surface area (Å²) in [6.45, 7) is 11.7. The summed E-state index contributed by atoms with van der Waals surface area (Å²) in [6.07, 6.45) is 8.76. The molecule has 0 aliphatic rings. The normalized spacial score (nSPS) is 13.2. The minimum atomic E-state index is -0.595. The van der Waals surface area contributed by atoms with Crippen molar-refractivity contribution in [3.8, 4) is 0 Å². The first-order chi connectivity index (χ1) is 10.6. The first-order valence-corrected chi connectivity index (χ1v) is 8.10. The summed E-state index contributed by atoms with van der Waals surface area (Å²) in [6, 6.07) is 8.33. The van der Waals surface area contributed by atoms with Crippen molar-refractivity contribution in [2.45, 2.75) is 58.0 Å². The first kappa shape index (κ1) is 18.2. The second-order valence-electron chi connectivity index (χ2n) is 5.78. The predicted molar refractivity (Wildman–Crippen MR) is 92.9 cm³/mol. The van der Waals surface area contributed by atoms with Crippen molar-refractivity contribution in [2.24, 2.45) is 0 Å². The van der Waals surface area contributed by atoms with Gasteiger partial charge in [0, 0.05) is 6.08 Å². The van der Waals surface area contributed by atoms with Gasteiger partial charge in [-0.25, -0.2) is 4.79 Å². The average Bonchev–Trinajstić information content (AvgIpc) is 2.53. The van der Waals surface area contributed by atoms with Crippen LogP contribution in [-0.2, 0) is 16.0 Å². The third kappa shape index (κ3) is 5.51. The van der Waals surface area contributed by atoms with Crippen LogP contribution in [0.25, 0.3) is 0 Å². The van der Waals surface area contributed by atoms with Crippen molar-refractivity contribution in [3.63, 3.8) is 0 Å². The number of ether oxygens (including phenoxy) is 1. The Morgan fingerprint density at radius 2 is 1.95 bits per heavy atom. The second-order valence-corrected chi connectivity index (χ2v) is 5.78. The molecule has 0 saturated heterocycles. The number of aryl methyl sites for hydroxylation is 2. The van der Waals surface area contributed by atoms with Gasteiger partial charge < -0.3 is 4.74 Å². The maximum absolute atomic E-state index is 11.7. The van der Waals surface area contributed by atoms with E-state index in [1.54, 1.807) is 6.08 Å². The lowest BCUT2D eigenvalue weighted by Crippen LogP contribution is -2.33. The summed E-state index contributed by atoms with van der Waals surface area (Å²) in [5.74, 6) is -0.374. The Kier molecular flexibility index (Phi) is 7.65. The van der Waals surface area contributed by atoms with Crippen LogP contribution in [0.2, 0.25) is 0 Å². The lowest BCUT2D eigenvalue weighted by molar-refractivity contribution is -0.150. The Bertz CT molecular complexity index is 504. The van der Waals surface area contributed by atoms with E-state index in [0.29, 0.717) is 0 Å². The molecular formula is C20H28O2. The number of carbonyl (C=O) groups is 1. The number of carbonyl (C=O) groups excluding carboxylic acids is 1. The fourth-order valence-electron chi connectivity index (χ4n) is 2.63. The maximum Gasteiger partial charge on any atom is 0.331 e. The van der Waals surface area contributed by atoms with Gasteiger partial charge >= 0.3 is 5.97 Å². The zero-order valence-corrected chi connectivity index (χ0v) is 13.9. The number of hydrogen-bond donors (Lipinski definition) is 0. The number of rotatable bonds is 10. The first-order valence-electron chi connectivity index (χ1n) is 8.10. The third-order valence-corrected chi connectivity index (χ3v) is 4.12. The molecule has 1 atom stereocenters. The van der Waals surface area contributed by atoms with Crippen LogP contribution < -0.4 is 0 Å².